The highest BCUT2D eigenvalue weighted by Gasteiger charge is 2.36. The monoisotopic (exact) mass is 346 g/mol. The lowest BCUT2D eigenvalue weighted by Crippen LogP contribution is -2.44. The van der Waals surface area contributed by atoms with Gasteiger partial charge in [0.2, 0.25) is 5.91 Å². The molecular formula is C17H22N4O2S. The third-order valence-corrected chi connectivity index (χ3v) is 5.82. The lowest BCUT2D eigenvalue weighted by Gasteiger charge is -2.21. The molecule has 2 heterocycles. The van der Waals surface area contributed by atoms with Crippen molar-refractivity contribution in [2.24, 2.45) is 5.92 Å². The molecule has 1 aromatic rings. The SMILES string of the molecule is COc1ccccc1C1NC(C(=O)N2CC[C@@H](CNC#N)C2)CS1. The summed E-state index contributed by atoms with van der Waals surface area (Å²) in [7, 11) is 1.67. The summed E-state index contributed by atoms with van der Waals surface area (Å²) in [5.74, 6) is 2.14. The van der Waals surface area contributed by atoms with E-state index in [0.29, 0.717) is 12.5 Å². The van der Waals surface area contributed by atoms with Crippen LogP contribution in [0.15, 0.2) is 24.3 Å². The van der Waals surface area contributed by atoms with Crippen LogP contribution in [-0.2, 0) is 4.79 Å². The van der Waals surface area contributed by atoms with Crippen molar-refractivity contribution in [2.45, 2.75) is 17.8 Å². The zero-order chi connectivity index (χ0) is 16.9. The first kappa shape index (κ1) is 16.9. The van der Waals surface area contributed by atoms with Gasteiger partial charge in [-0.25, -0.2) is 0 Å². The third kappa shape index (κ3) is 3.60. The van der Waals surface area contributed by atoms with Gasteiger partial charge in [-0.2, -0.15) is 5.26 Å². The molecule has 1 amide bonds. The molecule has 0 aromatic heterocycles. The molecule has 128 valence electrons. The highest BCUT2D eigenvalue weighted by molar-refractivity contribution is 7.99. The van der Waals surface area contributed by atoms with Gasteiger partial charge in [-0.1, -0.05) is 18.2 Å². The largest absolute Gasteiger partial charge is 0.496 e. The molecule has 0 saturated carbocycles. The number of para-hydroxylation sites is 1. The Bertz CT molecular complexity index is 633. The number of nitrogens with zero attached hydrogens (tertiary/aromatic N) is 2. The summed E-state index contributed by atoms with van der Waals surface area (Å²) in [6, 6.07) is 7.76. The van der Waals surface area contributed by atoms with Gasteiger partial charge >= 0.3 is 0 Å². The van der Waals surface area contributed by atoms with Crippen LogP contribution in [0.25, 0.3) is 0 Å². The van der Waals surface area contributed by atoms with Gasteiger partial charge in [0.25, 0.3) is 0 Å². The molecule has 0 aliphatic carbocycles. The molecule has 2 aliphatic heterocycles. The second-order valence-electron chi connectivity index (χ2n) is 6.11. The summed E-state index contributed by atoms with van der Waals surface area (Å²) < 4.78 is 5.42. The van der Waals surface area contributed by atoms with E-state index in [1.54, 1.807) is 18.9 Å². The smallest absolute Gasteiger partial charge is 0.240 e. The number of hydrogen-bond acceptors (Lipinski definition) is 6. The average Bonchev–Trinajstić information content (AvgIpc) is 3.29. The van der Waals surface area contributed by atoms with Crippen LogP contribution >= 0.6 is 11.8 Å². The van der Waals surface area contributed by atoms with Crippen LogP contribution in [0.3, 0.4) is 0 Å². The maximum absolute atomic E-state index is 12.7. The van der Waals surface area contributed by atoms with E-state index in [0.717, 1.165) is 36.6 Å². The number of carbonyl (C=O) groups excluding carboxylic acids is 1. The summed E-state index contributed by atoms with van der Waals surface area (Å²) in [4.78, 5) is 14.7. The third-order valence-electron chi connectivity index (χ3n) is 4.57. The molecule has 0 radical (unpaired) electrons. The van der Waals surface area contributed by atoms with E-state index in [4.69, 9.17) is 10.00 Å². The summed E-state index contributed by atoms with van der Waals surface area (Å²) in [6.07, 6.45) is 2.90. The van der Waals surface area contributed by atoms with E-state index in [2.05, 4.69) is 10.6 Å². The van der Waals surface area contributed by atoms with Crippen LogP contribution in [0, 0.1) is 17.4 Å². The maximum Gasteiger partial charge on any atom is 0.240 e. The fourth-order valence-electron chi connectivity index (χ4n) is 3.29. The van der Waals surface area contributed by atoms with Crippen LogP contribution in [0.1, 0.15) is 17.4 Å². The number of rotatable bonds is 5. The van der Waals surface area contributed by atoms with Gasteiger partial charge in [0.05, 0.1) is 18.5 Å². The van der Waals surface area contributed by atoms with Gasteiger partial charge < -0.3 is 15.0 Å². The molecule has 3 atom stereocenters. The number of nitrogens with one attached hydrogen (secondary N) is 2. The normalized spacial score (nSPS) is 26.2. The molecule has 2 aliphatic rings. The molecule has 24 heavy (non-hydrogen) atoms. The van der Waals surface area contributed by atoms with Crippen molar-refractivity contribution in [2.75, 3.05) is 32.5 Å². The highest BCUT2D eigenvalue weighted by atomic mass is 32.2. The molecule has 3 rings (SSSR count). The van der Waals surface area contributed by atoms with E-state index in [1.807, 2.05) is 35.4 Å². The first-order valence-corrected chi connectivity index (χ1v) is 9.19. The van der Waals surface area contributed by atoms with Gasteiger partial charge in [0.1, 0.15) is 5.75 Å². The van der Waals surface area contributed by atoms with Crippen molar-refractivity contribution >= 4 is 17.7 Å². The average molecular weight is 346 g/mol. The summed E-state index contributed by atoms with van der Waals surface area (Å²) in [5, 5.41) is 14.8. The molecule has 6 nitrogen and oxygen atoms in total. The van der Waals surface area contributed by atoms with E-state index >= 15 is 0 Å². The van der Waals surface area contributed by atoms with Crippen molar-refractivity contribution in [1.29, 1.82) is 5.26 Å². The molecule has 0 spiro atoms. The number of thioether (sulfide) groups is 1. The molecule has 2 N–H and O–H groups in total. The van der Waals surface area contributed by atoms with Crippen molar-refractivity contribution < 1.29 is 9.53 Å². The lowest BCUT2D eigenvalue weighted by atomic mass is 10.1. The molecule has 2 saturated heterocycles. The van der Waals surface area contributed by atoms with Crippen molar-refractivity contribution in [3.63, 3.8) is 0 Å². The predicted octanol–water partition coefficient (Wildman–Crippen LogP) is 1.32. The van der Waals surface area contributed by atoms with Crippen LogP contribution in [-0.4, -0.2) is 49.3 Å². The van der Waals surface area contributed by atoms with Crippen molar-refractivity contribution in [1.82, 2.24) is 15.5 Å². The zero-order valence-electron chi connectivity index (χ0n) is 13.7. The molecule has 2 fully saturated rings. The Hall–Kier alpha value is -1.91. The second-order valence-corrected chi connectivity index (χ2v) is 7.24. The van der Waals surface area contributed by atoms with E-state index < -0.39 is 0 Å². The van der Waals surface area contributed by atoms with E-state index in [-0.39, 0.29) is 17.3 Å². The van der Waals surface area contributed by atoms with Gasteiger partial charge in [0, 0.05) is 31.0 Å². The van der Waals surface area contributed by atoms with Crippen LogP contribution in [0.2, 0.25) is 0 Å². The fraction of sp³-hybridized carbons (Fsp3) is 0.529. The number of amides is 1. The number of benzene rings is 1. The van der Waals surface area contributed by atoms with Gasteiger partial charge in [-0.15, -0.1) is 11.8 Å². The molecular weight excluding hydrogens is 324 g/mol. The Balaban J connectivity index is 1.58. The Labute approximate surface area is 146 Å². The van der Waals surface area contributed by atoms with Crippen LogP contribution in [0.4, 0.5) is 0 Å². The Kier molecular flexibility index (Phi) is 5.48. The first-order chi connectivity index (χ1) is 11.7. The minimum atomic E-state index is -0.160. The number of methoxy groups -OCH3 is 1. The predicted molar refractivity (Wildman–Crippen MR) is 93.4 cm³/mol. The lowest BCUT2D eigenvalue weighted by molar-refractivity contribution is -0.131. The number of nitriles is 1. The van der Waals surface area contributed by atoms with Gasteiger partial charge in [-0.05, 0) is 18.4 Å². The number of carbonyl (C=O) groups is 1. The fourth-order valence-corrected chi connectivity index (χ4v) is 4.54. The van der Waals surface area contributed by atoms with Crippen LogP contribution < -0.4 is 15.4 Å². The minimum absolute atomic E-state index is 0.0776. The minimum Gasteiger partial charge on any atom is -0.496 e. The standard InChI is InChI=1S/C17H22N4O2S/c1-23-15-5-3-2-4-13(15)16-20-14(10-24-16)17(22)21-7-6-12(9-21)8-19-11-18/h2-5,12,14,16,19-20H,6-10H2,1H3/t12-,14?,16?/m0/s1. The summed E-state index contributed by atoms with van der Waals surface area (Å²) >= 11 is 1.74. The van der Waals surface area contributed by atoms with E-state index in [1.165, 1.54) is 0 Å². The summed E-state index contributed by atoms with van der Waals surface area (Å²) in [6.45, 7) is 2.16. The molecule has 0 bridgehead atoms. The number of hydrogen-bond donors (Lipinski definition) is 2. The second kappa shape index (κ2) is 7.77. The number of ether oxygens (including phenoxy) is 1. The quantitative estimate of drug-likeness (QED) is 0.618. The Morgan fingerprint density at radius 1 is 1.54 bits per heavy atom. The summed E-state index contributed by atoms with van der Waals surface area (Å²) in [5.41, 5.74) is 1.08. The first-order valence-electron chi connectivity index (χ1n) is 8.14. The number of likely N-dealkylation sites (tertiary alicyclic amines) is 1. The zero-order valence-corrected chi connectivity index (χ0v) is 14.5. The molecule has 1 aromatic carbocycles. The highest BCUT2D eigenvalue weighted by Crippen LogP contribution is 2.38. The van der Waals surface area contributed by atoms with Gasteiger partial charge in [-0.3, -0.25) is 10.1 Å². The van der Waals surface area contributed by atoms with Crippen molar-refractivity contribution in [3.05, 3.63) is 29.8 Å². The van der Waals surface area contributed by atoms with Crippen molar-refractivity contribution in [3.8, 4) is 11.9 Å². The maximum atomic E-state index is 12.7. The van der Waals surface area contributed by atoms with Gasteiger partial charge in [0.15, 0.2) is 6.19 Å². The van der Waals surface area contributed by atoms with E-state index in [9.17, 15) is 4.79 Å². The molecule has 2 unspecified atom stereocenters. The Morgan fingerprint density at radius 3 is 3.17 bits per heavy atom. The Morgan fingerprint density at radius 2 is 2.38 bits per heavy atom. The topological polar surface area (TPSA) is 77.4 Å². The molecule has 7 heteroatoms. The van der Waals surface area contributed by atoms with Crippen LogP contribution in [0.5, 0.6) is 5.75 Å².